The zero-order valence-corrected chi connectivity index (χ0v) is 19.6. The van der Waals surface area contributed by atoms with Gasteiger partial charge in [0.05, 0.1) is 11.9 Å². The largest absolute Gasteiger partial charge is 0.377 e. The molecule has 1 aliphatic heterocycles. The summed E-state index contributed by atoms with van der Waals surface area (Å²) in [6, 6.07) is 0.0481. The number of nitrogens with zero attached hydrogens (tertiary/aromatic N) is 1. The second kappa shape index (κ2) is 10.9. The second-order valence-corrected chi connectivity index (χ2v) is 10.2. The summed E-state index contributed by atoms with van der Waals surface area (Å²) in [5.41, 5.74) is 0.118. The summed E-state index contributed by atoms with van der Waals surface area (Å²) >= 11 is 0. The molecule has 1 heterocycles. The van der Waals surface area contributed by atoms with Gasteiger partial charge < -0.3 is 15.4 Å². The van der Waals surface area contributed by atoms with Crippen LogP contribution in [0.4, 0.5) is 0 Å². The Morgan fingerprint density at radius 2 is 2.00 bits per heavy atom. The van der Waals surface area contributed by atoms with E-state index in [2.05, 4.69) is 36.4 Å². The predicted octanol–water partition coefficient (Wildman–Crippen LogP) is 2.43. The van der Waals surface area contributed by atoms with Gasteiger partial charge in [-0.2, -0.15) is 0 Å². The molecule has 1 aliphatic rings. The fourth-order valence-electron chi connectivity index (χ4n) is 3.13. The zero-order chi connectivity index (χ0) is 18.4. The first kappa shape index (κ1) is 24.9. The molecule has 0 amide bonds. The number of rotatable bonds is 6. The van der Waals surface area contributed by atoms with E-state index in [1.165, 1.54) is 6.26 Å². The van der Waals surface area contributed by atoms with Crippen LogP contribution in [-0.2, 0) is 14.6 Å². The van der Waals surface area contributed by atoms with Gasteiger partial charge in [0.25, 0.3) is 0 Å². The van der Waals surface area contributed by atoms with Crippen molar-refractivity contribution in [3.63, 3.8) is 0 Å². The van der Waals surface area contributed by atoms with E-state index >= 15 is 0 Å². The molecule has 150 valence electrons. The summed E-state index contributed by atoms with van der Waals surface area (Å²) in [5, 5.41) is 6.64. The highest BCUT2D eigenvalue weighted by Crippen LogP contribution is 2.33. The van der Waals surface area contributed by atoms with Crippen molar-refractivity contribution in [2.24, 2.45) is 16.3 Å². The van der Waals surface area contributed by atoms with E-state index in [-0.39, 0.29) is 47.3 Å². The Hall–Kier alpha value is -0.0900. The van der Waals surface area contributed by atoms with Crippen molar-refractivity contribution in [3.05, 3.63) is 0 Å². The number of aliphatic imine (C=N–C) groups is 1. The van der Waals surface area contributed by atoms with Crippen LogP contribution in [0.2, 0.25) is 0 Å². The first-order valence-electron chi connectivity index (χ1n) is 8.79. The average Bonchev–Trinajstić information content (AvgIpc) is 2.48. The fraction of sp³-hybridized carbons (Fsp3) is 0.941. The average molecular weight is 489 g/mol. The standard InChI is InChI=1S/C17H35N3O3S.HI/c1-13(9-11-24(6,21)22)20-16(18-5)19-12-14-8-7-10-23-15(14)17(2,3)4;/h13-15H,7-12H2,1-6H3,(H2,18,19,20);1H. The van der Waals surface area contributed by atoms with Gasteiger partial charge in [-0.05, 0) is 31.6 Å². The van der Waals surface area contributed by atoms with E-state index < -0.39 is 9.84 Å². The monoisotopic (exact) mass is 489 g/mol. The Morgan fingerprint density at radius 1 is 1.36 bits per heavy atom. The molecular weight excluding hydrogens is 453 g/mol. The van der Waals surface area contributed by atoms with Crippen molar-refractivity contribution in [3.8, 4) is 0 Å². The van der Waals surface area contributed by atoms with Crippen molar-refractivity contribution in [1.82, 2.24) is 10.6 Å². The smallest absolute Gasteiger partial charge is 0.191 e. The van der Waals surface area contributed by atoms with Crippen molar-refractivity contribution < 1.29 is 13.2 Å². The summed E-state index contributed by atoms with van der Waals surface area (Å²) in [4.78, 5) is 4.25. The number of nitrogens with one attached hydrogen (secondary N) is 2. The third kappa shape index (κ3) is 9.98. The van der Waals surface area contributed by atoms with Gasteiger partial charge in [-0.15, -0.1) is 24.0 Å². The molecule has 0 radical (unpaired) electrons. The zero-order valence-electron chi connectivity index (χ0n) is 16.5. The second-order valence-electron chi connectivity index (χ2n) is 7.98. The lowest BCUT2D eigenvalue weighted by Crippen LogP contribution is -2.49. The molecule has 1 rings (SSSR count). The Balaban J connectivity index is 0.00000576. The maximum Gasteiger partial charge on any atom is 0.191 e. The normalized spacial score (nSPS) is 23.5. The van der Waals surface area contributed by atoms with Crippen molar-refractivity contribution in [2.75, 3.05) is 32.2 Å². The van der Waals surface area contributed by atoms with E-state index in [4.69, 9.17) is 4.74 Å². The van der Waals surface area contributed by atoms with E-state index in [1.807, 2.05) is 6.92 Å². The maximum atomic E-state index is 11.3. The van der Waals surface area contributed by atoms with Crippen LogP contribution in [0.15, 0.2) is 4.99 Å². The number of sulfone groups is 1. The van der Waals surface area contributed by atoms with Gasteiger partial charge in [0.1, 0.15) is 9.84 Å². The molecule has 0 aliphatic carbocycles. The topological polar surface area (TPSA) is 79.8 Å². The third-order valence-electron chi connectivity index (χ3n) is 4.36. The van der Waals surface area contributed by atoms with E-state index in [1.54, 1.807) is 7.05 Å². The number of halogens is 1. The molecular formula is C17H36IN3O3S. The lowest BCUT2D eigenvalue weighted by molar-refractivity contribution is -0.0835. The quantitative estimate of drug-likeness (QED) is 0.341. The first-order chi connectivity index (χ1) is 11.0. The van der Waals surface area contributed by atoms with Gasteiger partial charge in [0, 0.05) is 38.4 Å². The number of hydrogen-bond acceptors (Lipinski definition) is 4. The SMILES string of the molecule is CN=C(NCC1CCCOC1C(C)(C)C)NC(C)CCS(C)(=O)=O.I. The van der Waals surface area contributed by atoms with E-state index in [9.17, 15) is 8.42 Å². The molecule has 1 saturated heterocycles. The molecule has 0 saturated carbocycles. The van der Waals surface area contributed by atoms with Crippen LogP contribution in [0.25, 0.3) is 0 Å². The summed E-state index contributed by atoms with van der Waals surface area (Å²) in [6.07, 6.45) is 4.31. The van der Waals surface area contributed by atoms with Gasteiger partial charge in [-0.3, -0.25) is 4.99 Å². The maximum absolute atomic E-state index is 11.3. The van der Waals surface area contributed by atoms with E-state index in [0.717, 1.165) is 26.0 Å². The summed E-state index contributed by atoms with van der Waals surface area (Å²) in [6.45, 7) is 10.3. The predicted molar refractivity (Wildman–Crippen MR) is 116 cm³/mol. The Bertz CT molecular complexity index is 518. The summed E-state index contributed by atoms with van der Waals surface area (Å²) in [7, 11) is -1.20. The first-order valence-corrected chi connectivity index (χ1v) is 10.9. The summed E-state index contributed by atoms with van der Waals surface area (Å²) < 4.78 is 28.5. The lowest BCUT2D eigenvalue weighted by atomic mass is 9.78. The van der Waals surface area contributed by atoms with Gasteiger partial charge in [-0.25, -0.2) is 8.42 Å². The van der Waals surface area contributed by atoms with Crippen LogP contribution in [0.5, 0.6) is 0 Å². The molecule has 3 atom stereocenters. The Kier molecular flexibility index (Phi) is 10.9. The fourth-order valence-corrected chi connectivity index (χ4v) is 3.91. The molecule has 25 heavy (non-hydrogen) atoms. The number of ether oxygens (including phenoxy) is 1. The third-order valence-corrected chi connectivity index (χ3v) is 5.34. The highest BCUT2D eigenvalue weighted by Gasteiger charge is 2.35. The molecule has 0 bridgehead atoms. The minimum absolute atomic E-state index is 0. The highest BCUT2D eigenvalue weighted by molar-refractivity contribution is 14.0. The molecule has 8 heteroatoms. The number of hydrogen-bond donors (Lipinski definition) is 2. The molecule has 0 aromatic rings. The Morgan fingerprint density at radius 3 is 2.52 bits per heavy atom. The molecule has 1 fully saturated rings. The van der Waals surface area contributed by atoms with Crippen LogP contribution < -0.4 is 10.6 Å². The highest BCUT2D eigenvalue weighted by atomic mass is 127. The molecule has 2 N–H and O–H groups in total. The molecule has 6 nitrogen and oxygen atoms in total. The molecule has 0 aromatic heterocycles. The van der Waals surface area contributed by atoms with Crippen molar-refractivity contribution in [1.29, 1.82) is 0 Å². The molecule has 0 aromatic carbocycles. The van der Waals surface area contributed by atoms with Crippen LogP contribution in [-0.4, -0.2) is 58.7 Å². The van der Waals surface area contributed by atoms with Gasteiger partial charge in [0.15, 0.2) is 5.96 Å². The molecule has 3 unspecified atom stereocenters. The summed E-state index contributed by atoms with van der Waals surface area (Å²) in [5.74, 6) is 1.35. The van der Waals surface area contributed by atoms with Crippen molar-refractivity contribution in [2.45, 2.75) is 59.1 Å². The Labute approximate surface area is 170 Å². The minimum Gasteiger partial charge on any atom is -0.377 e. The van der Waals surface area contributed by atoms with Gasteiger partial charge in [0.2, 0.25) is 0 Å². The lowest BCUT2D eigenvalue weighted by Gasteiger charge is -2.40. The van der Waals surface area contributed by atoms with Crippen LogP contribution in [0, 0.1) is 11.3 Å². The number of guanidine groups is 1. The van der Waals surface area contributed by atoms with Crippen LogP contribution in [0.1, 0.15) is 47.0 Å². The van der Waals surface area contributed by atoms with E-state index in [0.29, 0.717) is 18.3 Å². The van der Waals surface area contributed by atoms with Gasteiger partial charge in [-0.1, -0.05) is 20.8 Å². The van der Waals surface area contributed by atoms with Gasteiger partial charge >= 0.3 is 0 Å². The minimum atomic E-state index is -2.93. The van der Waals surface area contributed by atoms with Crippen molar-refractivity contribution >= 4 is 39.8 Å². The van der Waals surface area contributed by atoms with Crippen LogP contribution in [0.3, 0.4) is 0 Å². The van der Waals surface area contributed by atoms with Crippen LogP contribution >= 0.6 is 24.0 Å². The molecule has 0 spiro atoms.